The molecule has 1 fully saturated rings. The summed E-state index contributed by atoms with van der Waals surface area (Å²) in [5.74, 6) is -0.601. The molecule has 2 aromatic rings. The van der Waals surface area contributed by atoms with Crippen molar-refractivity contribution in [3.05, 3.63) is 41.0 Å². The Balaban J connectivity index is 1.70. The van der Waals surface area contributed by atoms with Gasteiger partial charge in [-0.15, -0.1) is 0 Å². The number of amides is 1. The first-order valence-electron chi connectivity index (χ1n) is 9.30. The molecule has 1 aliphatic rings. The number of carbonyl (C=O) groups excluding carboxylic acids is 1. The number of nitrogens with zero attached hydrogens (tertiary/aromatic N) is 3. The van der Waals surface area contributed by atoms with Crippen LogP contribution in [-0.2, 0) is 21.4 Å². The molecule has 0 atom stereocenters. The lowest BCUT2D eigenvalue weighted by molar-refractivity contribution is -0.116. The number of aromatic nitrogens is 2. The lowest BCUT2D eigenvalue weighted by atomic mass is 10.2. The van der Waals surface area contributed by atoms with Crippen molar-refractivity contribution in [2.45, 2.75) is 51.5 Å². The molecule has 0 spiro atoms. The van der Waals surface area contributed by atoms with Crippen LogP contribution in [0.3, 0.4) is 0 Å². The standard InChI is InChI=1S/C19H25FN4O3S/c1-13-12-16(20)6-7-17(13)21-18(25)8-11-24-15(3)19(14(2)22-24)28(26,27)23-9-4-5-10-23/h6-7,12H,4-5,8-11H2,1-3H3,(H,21,25). The molecule has 1 saturated heterocycles. The van der Waals surface area contributed by atoms with Gasteiger partial charge in [-0.2, -0.15) is 9.40 Å². The molecule has 0 bridgehead atoms. The second-order valence-corrected chi connectivity index (χ2v) is 8.97. The summed E-state index contributed by atoms with van der Waals surface area (Å²) in [6.45, 7) is 6.43. The molecule has 1 aliphatic heterocycles. The van der Waals surface area contributed by atoms with Gasteiger partial charge in [0, 0.05) is 25.2 Å². The van der Waals surface area contributed by atoms with Crippen LogP contribution < -0.4 is 5.32 Å². The maximum atomic E-state index is 13.2. The third-order valence-corrected chi connectivity index (χ3v) is 7.14. The molecular formula is C19H25FN4O3S. The summed E-state index contributed by atoms with van der Waals surface area (Å²) in [7, 11) is -3.56. The van der Waals surface area contributed by atoms with Crippen LogP contribution in [0.15, 0.2) is 23.1 Å². The summed E-state index contributed by atoms with van der Waals surface area (Å²) in [6, 6.07) is 4.16. The fourth-order valence-corrected chi connectivity index (χ4v) is 5.41. The van der Waals surface area contributed by atoms with Gasteiger partial charge in [-0.1, -0.05) is 0 Å². The Hall–Kier alpha value is -2.26. The average molecular weight is 408 g/mol. The molecule has 1 amide bonds. The number of halogens is 1. The normalized spacial score (nSPS) is 15.1. The lowest BCUT2D eigenvalue weighted by Gasteiger charge is -2.15. The highest BCUT2D eigenvalue weighted by molar-refractivity contribution is 7.89. The number of hydrogen-bond acceptors (Lipinski definition) is 4. The molecular weight excluding hydrogens is 383 g/mol. The Labute approximate surface area is 164 Å². The Morgan fingerprint density at radius 2 is 1.89 bits per heavy atom. The van der Waals surface area contributed by atoms with Gasteiger partial charge in [0.1, 0.15) is 10.7 Å². The van der Waals surface area contributed by atoms with Gasteiger partial charge in [0.05, 0.1) is 17.9 Å². The second-order valence-electron chi connectivity index (χ2n) is 7.09. The van der Waals surface area contributed by atoms with Crippen LogP contribution >= 0.6 is 0 Å². The molecule has 0 saturated carbocycles. The zero-order valence-electron chi connectivity index (χ0n) is 16.3. The van der Waals surface area contributed by atoms with Crippen molar-refractivity contribution >= 4 is 21.6 Å². The monoisotopic (exact) mass is 408 g/mol. The van der Waals surface area contributed by atoms with Crippen molar-refractivity contribution < 1.29 is 17.6 Å². The zero-order chi connectivity index (χ0) is 20.5. The number of hydrogen-bond donors (Lipinski definition) is 1. The van der Waals surface area contributed by atoms with Gasteiger partial charge in [-0.25, -0.2) is 12.8 Å². The topological polar surface area (TPSA) is 84.3 Å². The van der Waals surface area contributed by atoms with Crippen molar-refractivity contribution in [2.75, 3.05) is 18.4 Å². The van der Waals surface area contributed by atoms with Crippen LogP contribution in [-0.4, -0.2) is 41.5 Å². The van der Waals surface area contributed by atoms with Gasteiger partial charge in [0.2, 0.25) is 15.9 Å². The van der Waals surface area contributed by atoms with E-state index in [4.69, 9.17) is 0 Å². The first-order chi connectivity index (χ1) is 13.2. The van der Waals surface area contributed by atoms with Crippen molar-refractivity contribution in [1.82, 2.24) is 14.1 Å². The average Bonchev–Trinajstić information content (AvgIpc) is 3.24. The first kappa shape index (κ1) is 20.5. The Morgan fingerprint density at radius 1 is 1.21 bits per heavy atom. The van der Waals surface area contributed by atoms with Crippen LogP contribution in [0.25, 0.3) is 0 Å². The van der Waals surface area contributed by atoms with Crippen molar-refractivity contribution in [3.8, 4) is 0 Å². The highest BCUT2D eigenvalue weighted by atomic mass is 32.2. The molecule has 2 heterocycles. The minimum absolute atomic E-state index is 0.127. The molecule has 7 nitrogen and oxygen atoms in total. The minimum atomic E-state index is -3.56. The largest absolute Gasteiger partial charge is 0.326 e. The maximum Gasteiger partial charge on any atom is 0.246 e. The van der Waals surface area contributed by atoms with Crippen LogP contribution in [0.1, 0.15) is 36.2 Å². The third kappa shape index (κ3) is 4.10. The molecule has 1 aromatic carbocycles. The highest BCUT2D eigenvalue weighted by Crippen LogP contribution is 2.26. The van der Waals surface area contributed by atoms with Crippen molar-refractivity contribution in [3.63, 3.8) is 0 Å². The summed E-state index contributed by atoms with van der Waals surface area (Å²) in [5.41, 5.74) is 2.17. The van der Waals surface area contributed by atoms with Crippen LogP contribution in [0, 0.1) is 26.6 Å². The van der Waals surface area contributed by atoms with E-state index in [1.807, 2.05) is 0 Å². The Kier molecular flexibility index (Phi) is 5.85. The Morgan fingerprint density at radius 3 is 2.54 bits per heavy atom. The number of benzene rings is 1. The highest BCUT2D eigenvalue weighted by Gasteiger charge is 2.32. The molecule has 0 unspecified atom stereocenters. The molecule has 0 aliphatic carbocycles. The second kappa shape index (κ2) is 8.00. The Bertz CT molecular complexity index is 995. The molecule has 0 radical (unpaired) electrons. The number of carbonyl (C=O) groups is 1. The number of rotatable bonds is 6. The van der Waals surface area contributed by atoms with E-state index in [1.165, 1.54) is 22.5 Å². The fourth-order valence-electron chi connectivity index (χ4n) is 3.52. The summed E-state index contributed by atoms with van der Waals surface area (Å²) in [4.78, 5) is 12.5. The van der Waals surface area contributed by atoms with Crippen LogP contribution in [0.4, 0.5) is 10.1 Å². The van der Waals surface area contributed by atoms with Gasteiger partial charge in [0.25, 0.3) is 0 Å². The molecule has 152 valence electrons. The summed E-state index contributed by atoms with van der Waals surface area (Å²) >= 11 is 0. The summed E-state index contributed by atoms with van der Waals surface area (Å²) in [5, 5.41) is 7.09. The maximum absolute atomic E-state index is 13.2. The van der Waals surface area contributed by atoms with E-state index < -0.39 is 10.0 Å². The zero-order valence-corrected chi connectivity index (χ0v) is 17.1. The van der Waals surface area contributed by atoms with E-state index in [9.17, 15) is 17.6 Å². The van der Waals surface area contributed by atoms with Crippen LogP contribution in [0.5, 0.6) is 0 Å². The summed E-state index contributed by atoms with van der Waals surface area (Å²) in [6.07, 6.45) is 1.87. The first-order valence-corrected chi connectivity index (χ1v) is 10.7. The SMILES string of the molecule is Cc1cc(F)ccc1NC(=O)CCn1nc(C)c(S(=O)(=O)N2CCCC2)c1C. The number of anilines is 1. The predicted octanol–water partition coefficient (Wildman–Crippen LogP) is 2.76. The third-order valence-electron chi connectivity index (χ3n) is 4.99. The van der Waals surface area contributed by atoms with E-state index in [1.54, 1.807) is 25.5 Å². The smallest absolute Gasteiger partial charge is 0.246 e. The molecule has 28 heavy (non-hydrogen) atoms. The van der Waals surface area contributed by atoms with Gasteiger partial charge in [0.15, 0.2) is 0 Å². The van der Waals surface area contributed by atoms with Crippen LogP contribution in [0.2, 0.25) is 0 Å². The van der Waals surface area contributed by atoms with E-state index in [0.29, 0.717) is 35.7 Å². The van der Waals surface area contributed by atoms with E-state index in [-0.39, 0.29) is 29.6 Å². The number of nitrogens with one attached hydrogen (secondary N) is 1. The molecule has 1 N–H and O–H groups in total. The van der Waals surface area contributed by atoms with Crippen molar-refractivity contribution in [1.29, 1.82) is 0 Å². The minimum Gasteiger partial charge on any atom is -0.326 e. The van der Waals surface area contributed by atoms with E-state index in [0.717, 1.165) is 12.8 Å². The van der Waals surface area contributed by atoms with Crippen molar-refractivity contribution in [2.24, 2.45) is 0 Å². The molecule has 3 rings (SSSR count). The molecule has 1 aromatic heterocycles. The summed E-state index contributed by atoms with van der Waals surface area (Å²) < 4.78 is 42.0. The van der Waals surface area contributed by atoms with Gasteiger partial charge in [-0.05, 0) is 57.4 Å². The molecule has 9 heteroatoms. The van der Waals surface area contributed by atoms with E-state index in [2.05, 4.69) is 10.4 Å². The van der Waals surface area contributed by atoms with Gasteiger partial charge in [-0.3, -0.25) is 9.48 Å². The number of aryl methyl sites for hydroxylation is 3. The van der Waals surface area contributed by atoms with Gasteiger partial charge >= 0.3 is 0 Å². The predicted molar refractivity (Wildman–Crippen MR) is 104 cm³/mol. The fraction of sp³-hybridized carbons (Fsp3) is 0.474. The lowest BCUT2D eigenvalue weighted by Crippen LogP contribution is -2.28. The van der Waals surface area contributed by atoms with E-state index >= 15 is 0 Å². The number of sulfonamides is 1. The quantitative estimate of drug-likeness (QED) is 0.797. The van der Waals surface area contributed by atoms with Gasteiger partial charge < -0.3 is 5.32 Å².